The molecule has 3 aliphatic heterocycles. The molecule has 1 aliphatic carbocycles. The monoisotopic (exact) mass is 680 g/mol. The zero-order valence-corrected chi connectivity index (χ0v) is 29.4. The van der Waals surface area contributed by atoms with Gasteiger partial charge in [0, 0.05) is 31.0 Å². The van der Waals surface area contributed by atoms with Crippen molar-refractivity contribution in [2.75, 3.05) is 19.8 Å². The van der Waals surface area contributed by atoms with E-state index in [1.54, 1.807) is 25.7 Å². The van der Waals surface area contributed by atoms with E-state index in [2.05, 4.69) is 23.8 Å². The summed E-state index contributed by atoms with van der Waals surface area (Å²) < 4.78 is 22.9. The van der Waals surface area contributed by atoms with E-state index < -0.39 is 47.4 Å². The number of carbonyl (C=O) groups is 4. The highest BCUT2D eigenvalue weighted by Gasteiger charge is 2.54. The molecule has 0 bridgehead atoms. The minimum Gasteiger partial charge on any atom is -0.486 e. The Kier molecular flexibility index (Phi) is 11.1. The van der Waals surface area contributed by atoms with Gasteiger partial charge in [0.25, 0.3) is 0 Å². The van der Waals surface area contributed by atoms with E-state index in [0.717, 1.165) is 43.2 Å². The van der Waals surface area contributed by atoms with Gasteiger partial charge in [-0.1, -0.05) is 31.9 Å². The molecule has 4 aliphatic rings. The van der Waals surface area contributed by atoms with Gasteiger partial charge in [-0.3, -0.25) is 14.5 Å². The molecule has 12 nitrogen and oxygen atoms in total. The summed E-state index contributed by atoms with van der Waals surface area (Å²) in [4.78, 5) is 57.7. The standard InChI is InChI=1S/C37H52N4O8/c1-7-10-11-12-13-14-28(38-34(44)49-36(4,5)6)33(43)41-23-27(19-29(41)32(42)39-37(9-3)20-26(37)8-2)48-35(45)40-21-24-17-30-31(18-25(24)22-40)47-16-15-46-30/h7-8,17-18,26-29H,1-2,9-16,19-23H2,3-6H3,(H,38,44)(H,39,42)/t26-,27-,28+,29+,37-/m1/s1. The Bertz CT molecular complexity index is 1400. The van der Waals surface area contributed by atoms with Gasteiger partial charge in [-0.2, -0.15) is 0 Å². The highest BCUT2D eigenvalue weighted by Crippen LogP contribution is 2.47. The largest absolute Gasteiger partial charge is 0.486 e. The van der Waals surface area contributed by atoms with Crippen molar-refractivity contribution < 1.29 is 38.1 Å². The number of carbonyl (C=O) groups excluding carboxylic acids is 4. The molecule has 1 saturated heterocycles. The number of allylic oxidation sites excluding steroid dienone is 1. The predicted octanol–water partition coefficient (Wildman–Crippen LogP) is 5.38. The van der Waals surface area contributed by atoms with Crippen LogP contribution in [0, 0.1) is 5.92 Å². The number of unbranched alkanes of at least 4 members (excludes halogenated alkanes) is 3. The van der Waals surface area contributed by atoms with Gasteiger partial charge >= 0.3 is 12.2 Å². The maximum absolute atomic E-state index is 14.3. The molecule has 4 amide bonds. The van der Waals surface area contributed by atoms with Crippen molar-refractivity contribution in [2.45, 2.75) is 121 Å². The molecule has 1 aromatic rings. The molecule has 5 rings (SSSR count). The number of hydrogen-bond donors (Lipinski definition) is 2. The number of nitrogens with one attached hydrogen (secondary N) is 2. The average Bonchev–Trinajstić information content (AvgIpc) is 3.34. The number of ether oxygens (including phenoxy) is 4. The van der Waals surface area contributed by atoms with Crippen molar-refractivity contribution in [3.8, 4) is 11.5 Å². The van der Waals surface area contributed by atoms with Gasteiger partial charge in [0.05, 0.1) is 6.54 Å². The lowest BCUT2D eigenvalue weighted by atomic mass is 10.0. The Balaban J connectivity index is 1.31. The van der Waals surface area contributed by atoms with Gasteiger partial charge in [-0.15, -0.1) is 13.2 Å². The molecule has 3 heterocycles. The molecular weight excluding hydrogens is 628 g/mol. The molecule has 12 heteroatoms. The molecule has 2 N–H and O–H groups in total. The van der Waals surface area contributed by atoms with Crippen LogP contribution < -0.4 is 20.1 Å². The normalized spacial score (nSPS) is 24.4. The Morgan fingerprint density at radius 2 is 1.73 bits per heavy atom. The molecule has 0 spiro atoms. The quantitative estimate of drug-likeness (QED) is 0.210. The van der Waals surface area contributed by atoms with Crippen LogP contribution >= 0.6 is 0 Å². The van der Waals surface area contributed by atoms with E-state index >= 15 is 0 Å². The van der Waals surface area contributed by atoms with Crippen LogP contribution in [0.3, 0.4) is 0 Å². The molecule has 49 heavy (non-hydrogen) atoms. The van der Waals surface area contributed by atoms with Crippen molar-refractivity contribution in [3.05, 3.63) is 48.6 Å². The molecule has 1 saturated carbocycles. The van der Waals surface area contributed by atoms with E-state index in [0.29, 0.717) is 50.6 Å². The Morgan fingerprint density at radius 1 is 1.06 bits per heavy atom. The molecular formula is C37H52N4O8. The summed E-state index contributed by atoms with van der Waals surface area (Å²) in [6.45, 7) is 16.6. The fourth-order valence-corrected chi connectivity index (χ4v) is 6.99. The third-order valence-corrected chi connectivity index (χ3v) is 9.77. The lowest BCUT2D eigenvalue weighted by Crippen LogP contribution is -2.55. The third kappa shape index (κ3) is 8.69. The van der Waals surface area contributed by atoms with Crippen LogP contribution in [0.2, 0.25) is 0 Å². The summed E-state index contributed by atoms with van der Waals surface area (Å²) in [5.74, 6) is 0.756. The number of rotatable bonds is 13. The first-order chi connectivity index (χ1) is 23.4. The van der Waals surface area contributed by atoms with Crippen molar-refractivity contribution >= 4 is 24.0 Å². The van der Waals surface area contributed by atoms with Gasteiger partial charge < -0.3 is 34.5 Å². The Hall–Kier alpha value is -4.22. The topological polar surface area (TPSA) is 136 Å². The predicted molar refractivity (Wildman–Crippen MR) is 183 cm³/mol. The van der Waals surface area contributed by atoms with Gasteiger partial charge in [0.2, 0.25) is 11.8 Å². The summed E-state index contributed by atoms with van der Waals surface area (Å²) >= 11 is 0. The van der Waals surface area contributed by atoms with Crippen LogP contribution in [-0.4, -0.2) is 82.9 Å². The van der Waals surface area contributed by atoms with Crippen LogP contribution in [0.25, 0.3) is 0 Å². The maximum Gasteiger partial charge on any atom is 0.410 e. The second kappa shape index (κ2) is 15.1. The molecule has 0 unspecified atom stereocenters. The van der Waals surface area contributed by atoms with Crippen LogP contribution in [0.15, 0.2) is 37.4 Å². The van der Waals surface area contributed by atoms with E-state index in [4.69, 9.17) is 18.9 Å². The fraction of sp³-hybridized carbons (Fsp3) is 0.622. The van der Waals surface area contributed by atoms with E-state index in [9.17, 15) is 19.2 Å². The average molecular weight is 681 g/mol. The molecule has 268 valence electrons. The van der Waals surface area contributed by atoms with Crippen LogP contribution in [0.1, 0.15) is 90.2 Å². The third-order valence-electron chi connectivity index (χ3n) is 9.77. The van der Waals surface area contributed by atoms with Gasteiger partial charge in [-0.25, -0.2) is 9.59 Å². The lowest BCUT2D eigenvalue weighted by molar-refractivity contribution is -0.140. The number of amides is 4. The molecule has 0 radical (unpaired) electrons. The van der Waals surface area contributed by atoms with E-state index in [-0.39, 0.29) is 24.8 Å². The number of alkyl carbamates (subject to hydrolysis) is 1. The lowest BCUT2D eigenvalue weighted by Gasteiger charge is -2.30. The molecule has 0 aromatic heterocycles. The van der Waals surface area contributed by atoms with Crippen LogP contribution in [-0.2, 0) is 32.2 Å². The molecule has 1 aromatic carbocycles. The SMILES string of the molecule is C=CCCCCC[C@H](NC(=O)OC(C)(C)C)C(=O)N1C[C@H](OC(=O)N2Cc3cc4c(cc3C2)OCCO4)C[C@H]1C(=O)N[C@]1(CC)C[C@H]1C=C. The zero-order chi connectivity index (χ0) is 35.3. The molecule has 5 atom stereocenters. The van der Waals surface area contributed by atoms with Crippen molar-refractivity contribution in [1.29, 1.82) is 0 Å². The van der Waals surface area contributed by atoms with Gasteiger partial charge in [0.1, 0.15) is 37.0 Å². The number of likely N-dealkylation sites (tertiary alicyclic amines) is 1. The van der Waals surface area contributed by atoms with Crippen molar-refractivity contribution in [1.82, 2.24) is 20.4 Å². The van der Waals surface area contributed by atoms with Crippen molar-refractivity contribution in [3.63, 3.8) is 0 Å². The maximum atomic E-state index is 14.3. The summed E-state index contributed by atoms with van der Waals surface area (Å²) in [5, 5.41) is 5.96. The number of benzene rings is 1. The summed E-state index contributed by atoms with van der Waals surface area (Å²) in [7, 11) is 0. The van der Waals surface area contributed by atoms with Crippen LogP contribution in [0.4, 0.5) is 9.59 Å². The first-order valence-corrected chi connectivity index (χ1v) is 17.6. The Labute approximate surface area is 289 Å². The van der Waals surface area contributed by atoms with Crippen LogP contribution in [0.5, 0.6) is 11.5 Å². The Morgan fingerprint density at radius 3 is 2.31 bits per heavy atom. The second-order valence-corrected chi connectivity index (χ2v) is 14.5. The van der Waals surface area contributed by atoms with E-state index in [1.807, 2.05) is 31.2 Å². The fourth-order valence-electron chi connectivity index (χ4n) is 6.99. The first-order valence-electron chi connectivity index (χ1n) is 17.6. The summed E-state index contributed by atoms with van der Waals surface area (Å²) in [6, 6.07) is 2.00. The smallest absolute Gasteiger partial charge is 0.410 e. The summed E-state index contributed by atoms with van der Waals surface area (Å²) in [5.41, 5.74) is 0.746. The minimum atomic E-state index is -0.922. The first kappa shape index (κ1) is 36.1. The van der Waals surface area contributed by atoms with Gasteiger partial charge in [-0.05, 0) is 76.1 Å². The zero-order valence-electron chi connectivity index (χ0n) is 29.4. The highest BCUT2D eigenvalue weighted by atomic mass is 16.6. The number of hydrogen-bond acceptors (Lipinski definition) is 8. The van der Waals surface area contributed by atoms with Crippen molar-refractivity contribution in [2.24, 2.45) is 5.92 Å². The van der Waals surface area contributed by atoms with Gasteiger partial charge in [0.15, 0.2) is 11.5 Å². The second-order valence-electron chi connectivity index (χ2n) is 14.5. The molecule has 2 fully saturated rings. The number of nitrogens with zero attached hydrogens (tertiary/aromatic N) is 2. The van der Waals surface area contributed by atoms with E-state index in [1.165, 1.54) is 4.90 Å². The highest BCUT2D eigenvalue weighted by molar-refractivity contribution is 5.92. The number of fused-ring (bicyclic) bond motifs is 2. The minimum absolute atomic E-state index is 0.0202. The summed E-state index contributed by atoms with van der Waals surface area (Å²) in [6.07, 6.45) is 7.04.